The van der Waals surface area contributed by atoms with Crippen LogP contribution in [0.15, 0.2) is 9.79 Å². The molecule has 236 valence electrons. The molecular formula is C18H18B2F8N2O10S2-2. The standard InChI is InChI=1S/C7H2F4O5S.C6H2F4O4S.C2H5NO.2CH3B.CH5N/c8-2-4(10)7(17(13,14)15)5(11)3(9)6(2)16-1-12;7-1-3(9)6(15(12,13)14)4(10)2(8)5(1)11;1-3-2-4;3*1-2/h1H,(H,13,14,15);11H,(H,12,13,14);2H,1H3,(H,3,4);2*1H3;2H2,1H3/p-2/i1D;;1D,2D;;;1D. The lowest BCUT2D eigenvalue weighted by Gasteiger charge is -2.12. The summed E-state index contributed by atoms with van der Waals surface area (Å²) < 4.78 is 193. The summed E-state index contributed by atoms with van der Waals surface area (Å²) in [6, 6.07) is 0. The maximum absolute atomic E-state index is 13.0. The van der Waals surface area contributed by atoms with Gasteiger partial charge in [-0.05, 0) is 7.02 Å². The average Bonchev–Trinajstić information content (AvgIpc) is 2.94. The third-order valence-electron chi connectivity index (χ3n) is 3.10. The Hall–Kier alpha value is -3.47. The van der Waals surface area contributed by atoms with Gasteiger partial charge in [0.1, 0.15) is 31.4 Å². The van der Waals surface area contributed by atoms with Crippen LogP contribution in [0.5, 0.6) is 11.5 Å². The number of phenolic OH excluding ortho intramolecular Hbond substituents is 1. The molecule has 2 aromatic rings. The molecule has 0 saturated heterocycles. The fourth-order valence-electron chi connectivity index (χ4n) is 1.76. The summed E-state index contributed by atoms with van der Waals surface area (Å²) in [5.41, 5.74) is 4.51. The van der Waals surface area contributed by atoms with Crippen molar-refractivity contribution >= 4 is 48.8 Å². The van der Waals surface area contributed by atoms with Crippen molar-refractivity contribution in [2.75, 3.05) is 14.0 Å². The van der Waals surface area contributed by atoms with E-state index in [9.17, 15) is 70.7 Å². The van der Waals surface area contributed by atoms with Gasteiger partial charge in [0.05, 0.1) is 15.7 Å². The Labute approximate surface area is 241 Å². The summed E-state index contributed by atoms with van der Waals surface area (Å²) >= 11 is 0. The van der Waals surface area contributed by atoms with Crippen LogP contribution >= 0.6 is 0 Å². The van der Waals surface area contributed by atoms with E-state index < -0.39 is 101 Å². The molecule has 0 fully saturated rings. The Bertz CT molecular complexity index is 1490. The number of hydrogen-bond donors (Lipinski definition) is 3. The summed E-state index contributed by atoms with van der Waals surface area (Å²) in [4.78, 5) is 14.9. The van der Waals surface area contributed by atoms with E-state index in [0.29, 0.717) is 0 Å². The van der Waals surface area contributed by atoms with E-state index in [4.69, 9.17) is 10.6 Å². The zero-order valence-electron chi connectivity index (χ0n) is 24.6. The lowest BCUT2D eigenvalue weighted by Crippen LogP contribution is -2.12. The minimum Gasteiger partial charge on any atom is -0.744 e. The van der Waals surface area contributed by atoms with Crippen molar-refractivity contribution < 1.29 is 86.0 Å². The van der Waals surface area contributed by atoms with Gasteiger partial charge < -0.3 is 30.0 Å². The van der Waals surface area contributed by atoms with Crippen molar-refractivity contribution in [3.8, 4) is 11.5 Å². The highest BCUT2D eigenvalue weighted by atomic mass is 32.2. The number of carbonyl (C=O) groups excluding carboxylic acids is 2. The van der Waals surface area contributed by atoms with Crippen molar-refractivity contribution in [1.29, 1.82) is 0 Å². The smallest absolute Gasteiger partial charge is 0.298 e. The molecule has 0 spiro atoms. The molecule has 0 aromatic heterocycles. The van der Waals surface area contributed by atoms with Gasteiger partial charge in [0, 0.05) is 9.77 Å². The minimum absolute atomic E-state index is 0. The highest BCUT2D eigenvalue weighted by Crippen LogP contribution is 2.32. The first kappa shape index (κ1) is 36.6. The number of nitrogens with one attached hydrogen (secondary N) is 1. The number of aromatic hydroxyl groups is 1. The van der Waals surface area contributed by atoms with Gasteiger partial charge in [-0.2, -0.15) is 17.6 Å². The molecule has 0 aliphatic rings. The first-order valence-corrected chi connectivity index (χ1v) is 11.9. The van der Waals surface area contributed by atoms with Crippen molar-refractivity contribution in [2.24, 2.45) is 5.73 Å². The van der Waals surface area contributed by atoms with E-state index >= 15 is 0 Å². The first-order chi connectivity index (χ1) is 20.9. The van der Waals surface area contributed by atoms with Crippen molar-refractivity contribution in [1.82, 2.24) is 5.32 Å². The molecule has 24 heteroatoms. The summed E-state index contributed by atoms with van der Waals surface area (Å²) in [5, 5.41) is 10.3. The molecule has 0 atom stereocenters. The molecule has 42 heavy (non-hydrogen) atoms. The van der Waals surface area contributed by atoms with Gasteiger partial charge in [0.25, 0.3) is 6.45 Å². The van der Waals surface area contributed by atoms with Gasteiger partial charge in [-0.15, -0.1) is 0 Å². The molecule has 0 unspecified atom stereocenters. The molecule has 1 amide bonds. The topological polar surface area (TPSA) is 216 Å². The zero-order valence-corrected chi connectivity index (χ0v) is 22.2. The molecular weight excluding hydrogens is 642 g/mol. The van der Waals surface area contributed by atoms with Gasteiger partial charge in [0.2, 0.25) is 35.4 Å². The van der Waals surface area contributed by atoms with Gasteiger partial charge in [0.15, 0.2) is 30.4 Å². The quantitative estimate of drug-likeness (QED) is 0.138. The molecule has 2 rings (SSSR count). The predicted octanol–water partition coefficient (Wildman–Crippen LogP) is 0.878. The van der Waals surface area contributed by atoms with Crippen LogP contribution < -0.4 is 15.8 Å². The SMILES string of the molecule is O=S(=O)([O-])c1c(F)c(F)c(O)c(F)c1F.[2H]C(=O)Oc1c(F)c(F)c(S(=O)(=O)[O-])c(F)c1F.[2H]CN.[2H]CNC([2H])=O.[B]C.[B]C. The molecule has 0 saturated carbocycles. The number of carbonyl (C=O) groups is 2. The number of rotatable bonds is 3. The lowest BCUT2D eigenvalue weighted by atomic mass is 10.2. The predicted molar refractivity (Wildman–Crippen MR) is 125 cm³/mol. The normalized spacial score (nSPS) is 11.0. The number of nitrogens with two attached hydrogens (primary N) is 1. The minimum atomic E-state index is -5.82. The van der Waals surface area contributed by atoms with E-state index in [1.165, 1.54) is 13.6 Å². The third-order valence-corrected chi connectivity index (χ3v) is 4.82. The second-order valence-corrected chi connectivity index (χ2v) is 7.85. The van der Waals surface area contributed by atoms with Crippen LogP contribution in [0.1, 0.15) is 5.48 Å². The van der Waals surface area contributed by atoms with E-state index in [1.807, 2.05) is 5.32 Å². The van der Waals surface area contributed by atoms with Crippen molar-refractivity contribution in [3.05, 3.63) is 46.5 Å². The average molecular weight is 664 g/mol. The van der Waals surface area contributed by atoms with Crippen LogP contribution in [0.25, 0.3) is 0 Å². The van der Waals surface area contributed by atoms with Crippen LogP contribution in [0.4, 0.5) is 35.1 Å². The number of ether oxygens (including phenoxy) is 1. The molecule has 0 aliphatic heterocycles. The van der Waals surface area contributed by atoms with E-state index in [2.05, 4.69) is 26.2 Å². The summed E-state index contributed by atoms with van der Waals surface area (Å²) in [6.45, 7) is 3.00. The Morgan fingerprint density at radius 1 is 0.786 bits per heavy atom. The Morgan fingerprint density at radius 2 is 1.07 bits per heavy atom. The third kappa shape index (κ3) is 12.6. The van der Waals surface area contributed by atoms with Gasteiger partial charge in [-0.25, -0.2) is 34.4 Å². The van der Waals surface area contributed by atoms with Crippen LogP contribution in [0, 0.1) is 46.5 Å². The monoisotopic (exact) mass is 664 g/mol. The van der Waals surface area contributed by atoms with Crippen molar-refractivity contribution in [3.63, 3.8) is 0 Å². The van der Waals surface area contributed by atoms with E-state index in [0.717, 1.165) is 0 Å². The molecule has 12 nitrogen and oxygen atoms in total. The van der Waals surface area contributed by atoms with Gasteiger partial charge >= 0.3 is 0 Å². The largest absolute Gasteiger partial charge is 0.744 e. The molecule has 2 aromatic carbocycles. The Balaban J connectivity index is -0.000000282. The van der Waals surface area contributed by atoms with Crippen LogP contribution in [0.2, 0.25) is 13.6 Å². The molecule has 4 radical (unpaired) electrons. The Morgan fingerprint density at radius 3 is 1.26 bits per heavy atom. The van der Waals surface area contributed by atoms with Gasteiger partial charge in [-0.1, -0.05) is 13.6 Å². The highest BCUT2D eigenvalue weighted by molar-refractivity contribution is 7.86. The van der Waals surface area contributed by atoms with Crippen LogP contribution in [-0.2, 0) is 29.8 Å². The van der Waals surface area contributed by atoms with E-state index in [1.54, 1.807) is 0 Å². The molecule has 4 N–H and O–H groups in total. The van der Waals surface area contributed by atoms with Crippen LogP contribution in [0.3, 0.4) is 0 Å². The summed E-state index contributed by atoms with van der Waals surface area (Å²) in [5.74, 6) is -23.5. The molecule has 0 heterocycles. The fourth-order valence-corrected chi connectivity index (χ4v) is 3.00. The number of amides is 1. The maximum Gasteiger partial charge on any atom is 0.298 e. The van der Waals surface area contributed by atoms with Gasteiger partial charge in [-0.3, -0.25) is 9.59 Å². The molecule has 0 bridgehead atoms. The second kappa shape index (κ2) is 21.3. The first-order valence-electron chi connectivity index (χ1n) is 11.5. The second-order valence-electron chi connectivity index (χ2n) is 5.22. The fraction of sp³-hybridized carbons (Fsp3) is 0.222. The summed E-state index contributed by atoms with van der Waals surface area (Å²) in [6.07, 6.45) is -2.95. The number of hydrogen-bond acceptors (Lipinski definition) is 11. The number of phenols is 1. The van der Waals surface area contributed by atoms with Crippen LogP contribution in [-0.4, -0.2) is 73.6 Å². The highest BCUT2D eigenvalue weighted by Gasteiger charge is 2.30. The van der Waals surface area contributed by atoms with E-state index in [-0.39, 0.29) is 14.0 Å². The molecule has 0 aliphatic carbocycles. The van der Waals surface area contributed by atoms with Crippen molar-refractivity contribution in [2.45, 2.75) is 23.4 Å². The lowest BCUT2D eigenvalue weighted by molar-refractivity contribution is -0.121. The maximum atomic E-state index is 13.0. The Kier molecular flexibility index (Phi) is 18.5. The number of benzene rings is 2. The zero-order chi connectivity index (χ0) is 37.9. The summed E-state index contributed by atoms with van der Waals surface area (Å²) in [7, 11) is -2.74. The number of halogens is 8.